The fourth-order valence-electron chi connectivity index (χ4n) is 2.36. The number of hydrogen-bond donors (Lipinski definition) is 2. The second kappa shape index (κ2) is 8.50. The van der Waals surface area contributed by atoms with Gasteiger partial charge < -0.3 is 10.6 Å². The Hall–Kier alpha value is -2.33. The summed E-state index contributed by atoms with van der Waals surface area (Å²) >= 11 is 5.97. The molecule has 0 bridgehead atoms. The maximum absolute atomic E-state index is 12.1. The Balaban J connectivity index is 1.86. The number of carbonyl (C=O) groups is 2. The second-order valence-electron chi connectivity index (χ2n) is 5.78. The molecule has 0 atom stereocenters. The number of rotatable bonds is 6. The standard InChI is InChI=1S/C19H21ClN2O2/c1-13(2)14-7-4-6-10-17(14)22-18(23)11-12-21-19(24)15-8-3-5-9-16(15)20/h3-10,13H,11-12H2,1-2H3,(H,21,24)(H,22,23). The third-order valence-electron chi connectivity index (χ3n) is 3.61. The molecule has 0 radical (unpaired) electrons. The maximum Gasteiger partial charge on any atom is 0.252 e. The Bertz CT molecular complexity index is 729. The number of anilines is 1. The van der Waals surface area contributed by atoms with Gasteiger partial charge in [-0.25, -0.2) is 0 Å². The van der Waals surface area contributed by atoms with Crippen molar-refractivity contribution in [1.82, 2.24) is 5.32 Å². The summed E-state index contributed by atoms with van der Waals surface area (Å²) in [7, 11) is 0. The molecule has 2 N–H and O–H groups in total. The van der Waals surface area contributed by atoms with Crippen molar-refractivity contribution >= 4 is 29.1 Å². The summed E-state index contributed by atoms with van der Waals surface area (Å²) < 4.78 is 0. The molecule has 2 amide bonds. The highest BCUT2D eigenvalue weighted by Gasteiger charge is 2.11. The van der Waals surface area contributed by atoms with Gasteiger partial charge in [0.15, 0.2) is 0 Å². The van der Waals surface area contributed by atoms with Crippen LogP contribution in [0.5, 0.6) is 0 Å². The van der Waals surface area contributed by atoms with E-state index in [1.807, 2.05) is 24.3 Å². The number of hydrogen-bond acceptors (Lipinski definition) is 2. The Morgan fingerprint density at radius 2 is 1.71 bits per heavy atom. The summed E-state index contributed by atoms with van der Waals surface area (Å²) in [6, 6.07) is 14.5. The normalized spacial score (nSPS) is 10.5. The van der Waals surface area contributed by atoms with Gasteiger partial charge in [0.25, 0.3) is 5.91 Å². The highest BCUT2D eigenvalue weighted by Crippen LogP contribution is 2.23. The highest BCUT2D eigenvalue weighted by molar-refractivity contribution is 6.33. The lowest BCUT2D eigenvalue weighted by Gasteiger charge is -2.13. The molecule has 5 heteroatoms. The smallest absolute Gasteiger partial charge is 0.252 e. The third-order valence-corrected chi connectivity index (χ3v) is 3.94. The van der Waals surface area contributed by atoms with Crippen LogP contribution in [0.1, 0.15) is 42.1 Å². The zero-order chi connectivity index (χ0) is 17.5. The van der Waals surface area contributed by atoms with Crippen molar-refractivity contribution in [3.8, 4) is 0 Å². The molecule has 0 aromatic heterocycles. The molecule has 0 fully saturated rings. The number of carbonyl (C=O) groups excluding carboxylic acids is 2. The summed E-state index contributed by atoms with van der Waals surface area (Å²) in [5.74, 6) is -0.0973. The molecule has 2 rings (SSSR count). The molecule has 0 aliphatic carbocycles. The van der Waals surface area contributed by atoms with Crippen LogP contribution in [0.2, 0.25) is 5.02 Å². The van der Waals surface area contributed by atoms with Crippen LogP contribution < -0.4 is 10.6 Å². The van der Waals surface area contributed by atoms with E-state index in [-0.39, 0.29) is 24.8 Å². The molecular weight excluding hydrogens is 324 g/mol. The zero-order valence-corrected chi connectivity index (χ0v) is 14.6. The molecule has 0 unspecified atom stereocenters. The van der Waals surface area contributed by atoms with Gasteiger partial charge in [-0.3, -0.25) is 9.59 Å². The summed E-state index contributed by atoms with van der Waals surface area (Å²) in [6.45, 7) is 4.41. The molecule has 0 aliphatic heterocycles. The van der Waals surface area contributed by atoms with E-state index in [1.165, 1.54) is 0 Å². The van der Waals surface area contributed by atoms with Crippen LogP contribution in [0.3, 0.4) is 0 Å². The van der Waals surface area contributed by atoms with Crippen molar-refractivity contribution in [2.45, 2.75) is 26.2 Å². The molecule has 24 heavy (non-hydrogen) atoms. The minimum atomic E-state index is -0.281. The topological polar surface area (TPSA) is 58.2 Å². The first-order chi connectivity index (χ1) is 11.5. The van der Waals surface area contributed by atoms with E-state index in [2.05, 4.69) is 24.5 Å². The van der Waals surface area contributed by atoms with E-state index < -0.39 is 0 Å². The van der Waals surface area contributed by atoms with Crippen LogP contribution in [-0.4, -0.2) is 18.4 Å². The Morgan fingerprint density at radius 3 is 2.42 bits per heavy atom. The van der Waals surface area contributed by atoms with E-state index in [9.17, 15) is 9.59 Å². The fourth-order valence-corrected chi connectivity index (χ4v) is 2.58. The largest absolute Gasteiger partial charge is 0.351 e. The maximum atomic E-state index is 12.1. The van der Waals surface area contributed by atoms with Crippen molar-refractivity contribution in [3.63, 3.8) is 0 Å². The van der Waals surface area contributed by atoms with Crippen LogP contribution in [0, 0.1) is 0 Å². The van der Waals surface area contributed by atoms with Crippen LogP contribution in [0.25, 0.3) is 0 Å². The van der Waals surface area contributed by atoms with Crippen LogP contribution in [0.15, 0.2) is 48.5 Å². The zero-order valence-electron chi connectivity index (χ0n) is 13.8. The van der Waals surface area contributed by atoms with Gasteiger partial charge in [-0.05, 0) is 29.7 Å². The number of nitrogens with one attached hydrogen (secondary N) is 2. The van der Waals surface area contributed by atoms with Crippen molar-refractivity contribution in [2.75, 3.05) is 11.9 Å². The highest BCUT2D eigenvalue weighted by atomic mass is 35.5. The molecular formula is C19H21ClN2O2. The lowest BCUT2D eigenvalue weighted by Crippen LogP contribution is -2.28. The SMILES string of the molecule is CC(C)c1ccccc1NC(=O)CCNC(=O)c1ccccc1Cl. The van der Waals surface area contributed by atoms with Crippen molar-refractivity contribution in [3.05, 3.63) is 64.7 Å². The predicted molar refractivity (Wildman–Crippen MR) is 97.6 cm³/mol. The van der Waals surface area contributed by atoms with Crippen LogP contribution >= 0.6 is 11.6 Å². The first-order valence-corrected chi connectivity index (χ1v) is 8.28. The minimum absolute atomic E-state index is 0.137. The van der Waals surface area contributed by atoms with E-state index in [0.717, 1.165) is 11.3 Å². The first-order valence-electron chi connectivity index (χ1n) is 7.90. The van der Waals surface area contributed by atoms with Gasteiger partial charge in [-0.1, -0.05) is 55.8 Å². The second-order valence-corrected chi connectivity index (χ2v) is 6.18. The lowest BCUT2D eigenvalue weighted by molar-refractivity contribution is -0.116. The van der Waals surface area contributed by atoms with Gasteiger partial charge in [0.05, 0.1) is 10.6 Å². The summed E-state index contributed by atoms with van der Waals surface area (Å²) in [5.41, 5.74) is 2.31. The quantitative estimate of drug-likeness (QED) is 0.824. The summed E-state index contributed by atoms with van der Waals surface area (Å²) in [4.78, 5) is 24.1. The Labute approximate surface area is 147 Å². The number of benzene rings is 2. The molecule has 126 valence electrons. The van der Waals surface area contributed by atoms with E-state index >= 15 is 0 Å². The van der Waals surface area contributed by atoms with E-state index in [4.69, 9.17) is 11.6 Å². The van der Waals surface area contributed by atoms with Crippen molar-refractivity contribution in [1.29, 1.82) is 0 Å². The fraction of sp³-hybridized carbons (Fsp3) is 0.263. The molecule has 2 aromatic rings. The first kappa shape index (κ1) is 18.0. The Kier molecular flexibility index (Phi) is 6.38. The van der Waals surface area contributed by atoms with Gasteiger partial charge in [0.2, 0.25) is 5.91 Å². The van der Waals surface area contributed by atoms with Gasteiger partial charge in [-0.2, -0.15) is 0 Å². The van der Waals surface area contributed by atoms with Crippen molar-refractivity contribution in [2.24, 2.45) is 0 Å². The third kappa shape index (κ3) is 4.83. The van der Waals surface area contributed by atoms with Gasteiger partial charge in [0.1, 0.15) is 0 Å². The van der Waals surface area contributed by atoms with Gasteiger partial charge in [-0.15, -0.1) is 0 Å². The average Bonchev–Trinajstić information content (AvgIpc) is 2.55. The van der Waals surface area contributed by atoms with Gasteiger partial charge >= 0.3 is 0 Å². The lowest BCUT2D eigenvalue weighted by atomic mass is 10.0. The Morgan fingerprint density at radius 1 is 1.04 bits per heavy atom. The van der Waals surface area contributed by atoms with Crippen LogP contribution in [-0.2, 0) is 4.79 Å². The minimum Gasteiger partial charge on any atom is -0.351 e. The molecule has 0 aliphatic rings. The monoisotopic (exact) mass is 344 g/mol. The van der Waals surface area contributed by atoms with E-state index in [1.54, 1.807) is 24.3 Å². The number of para-hydroxylation sites is 1. The van der Waals surface area contributed by atoms with E-state index in [0.29, 0.717) is 16.5 Å². The molecule has 0 spiro atoms. The average molecular weight is 345 g/mol. The predicted octanol–water partition coefficient (Wildman–Crippen LogP) is 4.22. The summed E-state index contributed by atoms with van der Waals surface area (Å²) in [5, 5.41) is 6.00. The summed E-state index contributed by atoms with van der Waals surface area (Å²) in [6.07, 6.45) is 0.197. The van der Waals surface area contributed by atoms with Gasteiger partial charge in [0, 0.05) is 18.7 Å². The molecule has 0 saturated heterocycles. The molecule has 0 heterocycles. The van der Waals surface area contributed by atoms with Crippen molar-refractivity contribution < 1.29 is 9.59 Å². The molecule has 0 saturated carbocycles. The molecule has 4 nitrogen and oxygen atoms in total. The molecule has 2 aromatic carbocycles. The number of amides is 2. The van der Waals surface area contributed by atoms with Crippen LogP contribution in [0.4, 0.5) is 5.69 Å². The number of halogens is 1.